The van der Waals surface area contributed by atoms with Crippen molar-refractivity contribution in [2.75, 3.05) is 19.0 Å². The summed E-state index contributed by atoms with van der Waals surface area (Å²) >= 11 is 0. The van der Waals surface area contributed by atoms with Crippen molar-refractivity contribution in [3.05, 3.63) is 83.4 Å². The summed E-state index contributed by atoms with van der Waals surface area (Å²) in [5.74, 6) is 1.16. The first kappa shape index (κ1) is 20.1. The molecule has 3 aromatic carbocycles. The fourth-order valence-electron chi connectivity index (χ4n) is 2.69. The molecule has 5 heteroatoms. The fourth-order valence-corrected chi connectivity index (χ4v) is 2.69. The van der Waals surface area contributed by atoms with Crippen LogP contribution in [0.15, 0.2) is 71.7 Å². The number of rotatable bonds is 7. The van der Waals surface area contributed by atoms with Gasteiger partial charge in [-0.3, -0.25) is 9.79 Å². The number of benzene rings is 3. The summed E-state index contributed by atoms with van der Waals surface area (Å²) < 4.78 is 10.8. The normalized spacial score (nSPS) is 10.7. The quantitative estimate of drug-likeness (QED) is 0.574. The zero-order chi connectivity index (χ0) is 20.6. The number of nitrogens with one attached hydrogen (secondary N) is 1. The highest BCUT2D eigenvalue weighted by atomic mass is 16.5. The molecule has 29 heavy (non-hydrogen) atoms. The number of carbonyl (C=O) groups is 1. The maximum absolute atomic E-state index is 12.2. The molecule has 0 atom stereocenters. The molecule has 148 valence electrons. The minimum atomic E-state index is -0.205. The maximum atomic E-state index is 12.2. The molecule has 3 rings (SSSR count). The van der Waals surface area contributed by atoms with Crippen LogP contribution in [0.2, 0.25) is 0 Å². The lowest BCUT2D eigenvalue weighted by Crippen LogP contribution is -2.20. The van der Waals surface area contributed by atoms with Crippen LogP contribution in [0, 0.1) is 13.8 Å². The van der Waals surface area contributed by atoms with Crippen molar-refractivity contribution in [3.8, 4) is 11.5 Å². The minimum Gasteiger partial charge on any atom is -0.497 e. The first-order valence-electron chi connectivity index (χ1n) is 9.31. The number of methoxy groups -OCH3 is 1. The Balaban J connectivity index is 1.58. The van der Waals surface area contributed by atoms with Crippen LogP contribution in [0.5, 0.6) is 11.5 Å². The number of hydrogen-bond acceptors (Lipinski definition) is 4. The Morgan fingerprint density at radius 1 is 0.966 bits per heavy atom. The summed E-state index contributed by atoms with van der Waals surface area (Å²) in [6.07, 6.45) is 1.75. The van der Waals surface area contributed by atoms with Crippen molar-refractivity contribution in [1.82, 2.24) is 0 Å². The molecule has 0 heterocycles. The Kier molecular flexibility index (Phi) is 6.63. The van der Waals surface area contributed by atoms with Gasteiger partial charge in [-0.05, 0) is 66.9 Å². The number of nitrogens with zero attached hydrogens (tertiary/aromatic N) is 1. The van der Waals surface area contributed by atoms with E-state index in [1.165, 1.54) is 5.56 Å². The Labute approximate surface area is 171 Å². The molecule has 0 aliphatic heterocycles. The van der Waals surface area contributed by atoms with Crippen molar-refractivity contribution in [3.63, 3.8) is 0 Å². The molecule has 0 unspecified atom stereocenters. The van der Waals surface area contributed by atoms with Crippen LogP contribution in [0.4, 0.5) is 11.4 Å². The zero-order valence-electron chi connectivity index (χ0n) is 16.8. The number of amides is 1. The molecule has 0 aromatic heterocycles. The summed E-state index contributed by atoms with van der Waals surface area (Å²) in [4.78, 5) is 16.6. The van der Waals surface area contributed by atoms with E-state index in [4.69, 9.17) is 9.47 Å². The number of ether oxygens (including phenoxy) is 2. The summed E-state index contributed by atoms with van der Waals surface area (Å²) in [5.41, 5.74) is 4.75. The second-order valence-electron chi connectivity index (χ2n) is 6.67. The molecule has 1 N–H and O–H groups in total. The number of carbonyl (C=O) groups excluding carboxylic acids is 1. The van der Waals surface area contributed by atoms with Crippen LogP contribution in [-0.2, 0) is 4.79 Å². The van der Waals surface area contributed by atoms with E-state index in [9.17, 15) is 4.79 Å². The average molecular weight is 388 g/mol. The van der Waals surface area contributed by atoms with E-state index in [0.29, 0.717) is 5.75 Å². The van der Waals surface area contributed by atoms with Crippen LogP contribution < -0.4 is 14.8 Å². The minimum absolute atomic E-state index is 0.0661. The molecule has 0 aliphatic rings. The summed E-state index contributed by atoms with van der Waals surface area (Å²) in [5, 5.41) is 2.85. The first-order chi connectivity index (χ1) is 14.0. The molecule has 0 saturated heterocycles. The van der Waals surface area contributed by atoms with Crippen molar-refractivity contribution < 1.29 is 14.3 Å². The monoisotopic (exact) mass is 388 g/mol. The lowest BCUT2D eigenvalue weighted by atomic mass is 10.1. The van der Waals surface area contributed by atoms with Gasteiger partial charge in [0.2, 0.25) is 0 Å². The summed E-state index contributed by atoms with van der Waals surface area (Å²) in [7, 11) is 1.62. The van der Waals surface area contributed by atoms with Crippen LogP contribution >= 0.6 is 0 Å². The second-order valence-corrected chi connectivity index (χ2v) is 6.67. The van der Waals surface area contributed by atoms with E-state index in [1.54, 1.807) is 13.3 Å². The highest BCUT2D eigenvalue weighted by Crippen LogP contribution is 2.20. The molecule has 0 saturated carbocycles. The van der Waals surface area contributed by atoms with Gasteiger partial charge in [0.05, 0.1) is 12.8 Å². The topological polar surface area (TPSA) is 59.9 Å². The number of aryl methyl sites for hydroxylation is 2. The van der Waals surface area contributed by atoms with Gasteiger partial charge in [-0.1, -0.05) is 24.3 Å². The highest BCUT2D eigenvalue weighted by molar-refractivity contribution is 5.92. The molecule has 0 spiro atoms. The molecule has 0 radical (unpaired) electrons. The summed E-state index contributed by atoms with van der Waals surface area (Å²) in [6.45, 7) is 3.98. The third-order valence-corrected chi connectivity index (χ3v) is 4.43. The number of hydrogen-bond donors (Lipinski definition) is 1. The van der Waals surface area contributed by atoms with Crippen molar-refractivity contribution in [2.45, 2.75) is 13.8 Å². The molecule has 0 fully saturated rings. The largest absolute Gasteiger partial charge is 0.497 e. The molecular formula is C24H24N2O3. The Morgan fingerprint density at radius 3 is 2.55 bits per heavy atom. The van der Waals surface area contributed by atoms with Gasteiger partial charge in [-0.2, -0.15) is 0 Å². The average Bonchev–Trinajstić information content (AvgIpc) is 2.74. The predicted octanol–water partition coefficient (Wildman–Crippen LogP) is 5.08. The lowest BCUT2D eigenvalue weighted by Gasteiger charge is -2.09. The van der Waals surface area contributed by atoms with Gasteiger partial charge in [0, 0.05) is 18.0 Å². The Hall–Kier alpha value is -3.60. The highest BCUT2D eigenvalue weighted by Gasteiger charge is 2.05. The number of aliphatic imine (C=N–C) groups is 1. The molecule has 3 aromatic rings. The predicted molar refractivity (Wildman–Crippen MR) is 117 cm³/mol. The first-order valence-corrected chi connectivity index (χ1v) is 9.31. The molecule has 0 aliphatic carbocycles. The molecular weight excluding hydrogens is 364 g/mol. The van der Waals surface area contributed by atoms with Crippen molar-refractivity contribution in [2.24, 2.45) is 4.99 Å². The van der Waals surface area contributed by atoms with Crippen LogP contribution in [0.3, 0.4) is 0 Å². The maximum Gasteiger partial charge on any atom is 0.262 e. The fraction of sp³-hybridized carbons (Fsp3) is 0.167. The molecule has 0 bridgehead atoms. The zero-order valence-corrected chi connectivity index (χ0v) is 16.8. The van der Waals surface area contributed by atoms with Gasteiger partial charge in [0.25, 0.3) is 5.91 Å². The van der Waals surface area contributed by atoms with E-state index in [1.807, 2.05) is 80.6 Å². The van der Waals surface area contributed by atoms with Crippen LogP contribution in [0.1, 0.15) is 16.7 Å². The van der Waals surface area contributed by atoms with Gasteiger partial charge in [0.1, 0.15) is 11.5 Å². The van der Waals surface area contributed by atoms with Gasteiger partial charge in [-0.15, -0.1) is 0 Å². The van der Waals surface area contributed by atoms with E-state index in [-0.39, 0.29) is 12.5 Å². The van der Waals surface area contributed by atoms with E-state index >= 15 is 0 Å². The van der Waals surface area contributed by atoms with Crippen LogP contribution in [-0.4, -0.2) is 25.8 Å². The van der Waals surface area contributed by atoms with Gasteiger partial charge < -0.3 is 14.8 Å². The van der Waals surface area contributed by atoms with E-state index < -0.39 is 0 Å². The Morgan fingerprint density at radius 2 is 1.76 bits per heavy atom. The van der Waals surface area contributed by atoms with E-state index in [0.717, 1.165) is 28.3 Å². The third-order valence-electron chi connectivity index (χ3n) is 4.43. The van der Waals surface area contributed by atoms with Gasteiger partial charge >= 0.3 is 0 Å². The van der Waals surface area contributed by atoms with Crippen LogP contribution in [0.25, 0.3) is 0 Å². The molecule has 1 amide bonds. The van der Waals surface area contributed by atoms with Crippen molar-refractivity contribution in [1.29, 1.82) is 0 Å². The smallest absolute Gasteiger partial charge is 0.262 e. The molecule has 5 nitrogen and oxygen atoms in total. The summed E-state index contributed by atoms with van der Waals surface area (Å²) in [6, 6.07) is 20.8. The number of anilines is 1. The van der Waals surface area contributed by atoms with E-state index in [2.05, 4.69) is 10.3 Å². The lowest BCUT2D eigenvalue weighted by molar-refractivity contribution is -0.118. The second kappa shape index (κ2) is 9.55. The van der Waals surface area contributed by atoms with Gasteiger partial charge in [-0.25, -0.2) is 0 Å². The standard InChI is InChI=1S/C24H24N2O3/c1-17-10-11-21(12-18(17)2)26-24(27)16-29-23-9-4-6-19(13-23)15-25-20-7-5-8-22(14-20)28-3/h4-15H,16H2,1-3H3,(H,26,27). The van der Waals surface area contributed by atoms with Gasteiger partial charge in [0.15, 0.2) is 6.61 Å². The van der Waals surface area contributed by atoms with Crippen molar-refractivity contribution >= 4 is 23.5 Å². The third kappa shape index (κ3) is 5.94. The Bertz CT molecular complexity index is 1030. The SMILES string of the molecule is COc1cccc(N=Cc2cccc(OCC(=O)Nc3ccc(C)c(C)c3)c2)c1.